The van der Waals surface area contributed by atoms with Crippen LogP contribution in [0.1, 0.15) is 29.6 Å². The highest BCUT2D eigenvalue weighted by molar-refractivity contribution is 5.95. The molecule has 0 aliphatic heterocycles. The van der Waals surface area contributed by atoms with E-state index < -0.39 is 46.9 Å². The zero-order chi connectivity index (χ0) is 14.9. The van der Waals surface area contributed by atoms with Gasteiger partial charge in [0, 0.05) is 18.2 Å². The first-order valence-corrected chi connectivity index (χ1v) is 6.06. The van der Waals surface area contributed by atoms with E-state index in [1.54, 1.807) is 0 Å². The van der Waals surface area contributed by atoms with E-state index in [2.05, 4.69) is 5.32 Å². The van der Waals surface area contributed by atoms with Crippen LogP contribution in [0.15, 0.2) is 12.1 Å². The van der Waals surface area contributed by atoms with Gasteiger partial charge < -0.3 is 10.4 Å². The van der Waals surface area contributed by atoms with Crippen LogP contribution in [-0.4, -0.2) is 23.0 Å². The zero-order valence-corrected chi connectivity index (χ0v) is 10.3. The van der Waals surface area contributed by atoms with Gasteiger partial charge in [0.05, 0.1) is 5.92 Å². The Labute approximate surface area is 112 Å². The Hall–Kier alpha value is -2.05. The molecule has 0 saturated heterocycles. The molecule has 0 heterocycles. The van der Waals surface area contributed by atoms with Gasteiger partial charge in [-0.1, -0.05) is 0 Å². The Morgan fingerprint density at radius 2 is 1.75 bits per heavy atom. The molecule has 1 fully saturated rings. The van der Waals surface area contributed by atoms with Gasteiger partial charge in [-0.05, 0) is 19.3 Å². The number of benzene rings is 1. The second-order valence-corrected chi connectivity index (χ2v) is 4.76. The monoisotopic (exact) mass is 287 g/mol. The topological polar surface area (TPSA) is 66.4 Å². The van der Waals surface area contributed by atoms with E-state index in [9.17, 15) is 22.8 Å². The number of carbonyl (C=O) groups excluding carboxylic acids is 1. The van der Waals surface area contributed by atoms with E-state index in [4.69, 9.17) is 5.11 Å². The average Bonchev–Trinajstić information content (AvgIpc) is 2.75. The minimum absolute atomic E-state index is 0.214. The van der Waals surface area contributed by atoms with Crippen molar-refractivity contribution >= 4 is 11.9 Å². The first kappa shape index (κ1) is 14.4. The Morgan fingerprint density at radius 3 is 2.25 bits per heavy atom. The van der Waals surface area contributed by atoms with Crippen LogP contribution < -0.4 is 5.32 Å². The third-order valence-electron chi connectivity index (χ3n) is 3.35. The molecule has 0 aromatic heterocycles. The van der Waals surface area contributed by atoms with Gasteiger partial charge in [0.15, 0.2) is 0 Å². The largest absolute Gasteiger partial charge is 0.481 e. The van der Waals surface area contributed by atoms with Gasteiger partial charge in [-0.15, -0.1) is 0 Å². The summed E-state index contributed by atoms with van der Waals surface area (Å²) in [7, 11) is 0. The molecular formula is C13H12F3NO3. The fraction of sp³-hybridized carbons (Fsp3) is 0.385. The number of hydrogen-bond acceptors (Lipinski definition) is 2. The quantitative estimate of drug-likeness (QED) is 0.894. The zero-order valence-electron chi connectivity index (χ0n) is 10.3. The number of carbonyl (C=O) groups is 2. The molecule has 1 aliphatic rings. The number of carboxylic acid groups (broad SMARTS) is 1. The van der Waals surface area contributed by atoms with E-state index in [1.807, 2.05) is 0 Å². The van der Waals surface area contributed by atoms with Crippen molar-refractivity contribution in [1.29, 1.82) is 0 Å². The Morgan fingerprint density at radius 1 is 1.15 bits per heavy atom. The number of amides is 1. The summed E-state index contributed by atoms with van der Waals surface area (Å²) in [6.45, 7) is 0. The maximum atomic E-state index is 13.4. The first-order chi connectivity index (χ1) is 9.38. The summed E-state index contributed by atoms with van der Waals surface area (Å²) in [6.07, 6.45) is 1.04. The van der Waals surface area contributed by atoms with Gasteiger partial charge in [-0.25, -0.2) is 13.2 Å². The molecule has 2 unspecified atom stereocenters. The van der Waals surface area contributed by atoms with Gasteiger partial charge in [0.25, 0.3) is 5.91 Å². The smallest absolute Gasteiger partial charge is 0.306 e. The fourth-order valence-corrected chi connectivity index (χ4v) is 2.35. The standard InChI is InChI=1S/C13H12F3NO3/c14-7-4-9(15)11(10(16)5-7)12(18)17-8-2-1-6(3-8)13(19)20/h4-6,8H,1-3H2,(H,17,18)(H,19,20). The lowest BCUT2D eigenvalue weighted by molar-refractivity contribution is -0.141. The van der Waals surface area contributed by atoms with Crippen LogP contribution in [0.3, 0.4) is 0 Å². The van der Waals surface area contributed by atoms with Crippen LogP contribution in [-0.2, 0) is 4.79 Å². The Kier molecular flexibility index (Phi) is 3.96. The van der Waals surface area contributed by atoms with E-state index in [0.717, 1.165) is 0 Å². The maximum Gasteiger partial charge on any atom is 0.306 e. The molecule has 20 heavy (non-hydrogen) atoms. The maximum absolute atomic E-state index is 13.4. The molecular weight excluding hydrogens is 275 g/mol. The van der Waals surface area contributed by atoms with Crippen LogP contribution in [0.2, 0.25) is 0 Å². The molecule has 1 amide bonds. The third-order valence-corrected chi connectivity index (χ3v) is 3.35. The number of hydrogen-bond donors (Lipinski definition) is 2. The lowest BCUT2D eigenvalue weighted by atomic mass is 10.1. The number of rotatable bonds is 3. The third kappa shape index (κ3) is 2.92. The normalized spacial score (nSPS) is 21.8. The predicted octanol–water partition coefficient (Wildman–Crippen LogP) is 2.09. The van der Waals surface area contributed by atoms with Crippen molar-refractivity contribution in [2.45, 2.75) is 25.3 Å². The summed E-state index contributed by atoms with van der Waals surface area (Å²) < 4.78 is 39.6. The highest BCUT2D eigenvalue weighted by Crippen LogP contribution is 2.26. The number of nitrogens with one attached hydrogen (secondary N) is 1. The van der Waals surface area contributed by atoms with Crippen LogP contribution in [0.25, 0.3) is 0 Å². The fourth-order valence-electron chi connectivity index (χ4n) is 2.35. The molecule has 1 saturated carbocycles. The SMILES string of the molecule is O=C(NC1CCC(C(=O)O)C1)c1c(F)cc(F)cc1F. The second kappa shape index (κ2) is 5.52. The Balaban J connectivity index is 2.08. The van der Waals surface area contributed by atoms with E-state index in [1.165, 1.54) is 0 Å². The molecule has 0 radical (unpaired) electrons. The molecule has 4 nitrogen and oxygen atoms in total. The molecule has 1 aromatic rings. The average molecular weight is 287 g/mol. The second-order valence-electron chi connectivity index (χ2n) is 4.76. The molecule has 2 rings (SSSR count). The molecule has 2 N–H and O–H groups in total. The van der Waals surface area contributed by atoms with Gasteiger partial charge in [0.1, 0.15) is 23.0 Å². The summed E-state index contributed by atoms with van der Waals surface area (Å²) in [5, 5.41) is 11.2. The van der Waals surface area contributed by atoms with Crippen molar-refractivity contribution in [1.82, 2.24) is 5.32 Å². The number of aliphatic carboxylic acids is 1. The van der Waals surface area contributed by atoms with E-state index in [-0.39, 0.29) is 6.42 Å². The lowest BCUT2D eigenvalue weighted by Gasteiger charge is -2.13. The van der Waals surface area contributed by atoms with Crippen molar-refractivity contribution in [3.8, 4) is 0 Å². The predicted molar refractivity (Wildman–Crippen MR) is 62.5 cm³/mol. The summed E-state index contributed by atoms with van der Waals surface area (Å²) >= 11 is 0. The van der Waals surface area contributed by atoms with Crippen molar-refractivity contribution in [3.63, 3.8) is 0 Å². The highest BCUT2D eigenvalue weighted by Gasteiger charge is 2.31. The van der Waals surface area contributed by atoms with Crippen LogP contribution in [0.5, 0.6) is 0 Å². The molecule has 108 valence electrons. The van der Waals surface area contributed by atoms with Crippen LogP contribution >= 0.6 is 0 Å². The van der Waals surface area contributed by atoms with Gasteiger partial charge in [-0.3, -0.25) is 9.59 Å². The summed E-state index contributed by atoms with van der Waals surface area (Å²) in [5.41, 5.74) is -0.856. The van der Waals surface area contributed by atoms with Crippen molar-refractivity contribution < 1.29 is 27.9 Å². The molecule has 2 atom stereocenters. The van der Waals surface area contributed by atoms with Crippen molar-refractivity contribution in [2.75, 3.05) is 0 Å². The van der Waals surface area contributed by atoms with Gasteiger partial charge in [0.2, 0.25) is 0 Å². The molecule has 7 heteroatoms. The van der Waals surface area contributed by atoms with Crippen LogP contribution in [0.4, 0.5) is 13.2 Å². The highest BCUT2D eigenvalue weighted by atomic mass is 19.1. The van der Waals surface area contributed by atoms with E-state index in [0.29, 0.717) is 25.0 Å². The number of carboxylic acids is 1. The number of halogens is 3. The summed E-state index contributed by atoms with van der Waals surface area (Å²) in [5.74, 6) is -6.20. The minimum Gasteiger partial charge on any atom is -0.481 e. The van der Waals surface area contributed by atoms with E-state index >= 15 is 0 Å². The molecule has 1 aliphatic carbocycles. The van der Waals surface area contributed by atoms with Crippen LogP contribution in [0, 0.1) is 23.4 Å². The lowest BCUT2D eigenvalue weighted by Crippen LogP contribution is -2.34. The van der Waals surface area contributed by atoms with Gasteiger partial charge >= 0.3 is 5.97 Å². The summed E-state index contributed by atoms with van der Waals surface area (Å²) in [4.78, 5) is 22.5. The molecule has 0 spiro atoms. The summed E-state index contributed by atoms with van der Waals surface area (Å²) in [6, 6.07) is 0.395. The first-order valence-electron chi connectivity index (χ1n) is 6.06. The van der Waals surface area contributed by atoms with Gasteiger partial charge in [-0.2, -0.15) is 0 Å². The minimum atomic E-state index is -1.28. The van der Waals surface area contributed by atoms with Crippen molar-refractivity contribution in [2.24, 2.45) is 5.92 Å². The molecule has 0 bridgehead atoms. The van der Waals surface area contributed by atoms with Crippen molar-refractivity contribution in [3.05, 3.63) is 35.1 Å². The Bertz CT molecular complexity index is 539. The molecule has 1 aromatic carbocycles.